The number of halogens is 1. The third-order valence-corrected chi connectivity index (χ3v) is 5.62. The fourth-order valence-electron chi connectivity index (χ4n) is 3.90. The Bertz CT molecular complexity index is 1050. The molecule has 3 aromatic carbocycles. The van der Waals surface area contributed by atoms with Gasteiger partial charge < -0.3 is 19.7 Å². The molecular weight excluding hydrogens is 400 g/mol. The monoisotopic (exact) mass is 422 g/mol. The number of hydrogen-bond acceptors (Lipinski definition) is 3. The lowest BCUT2D eigenvalue weighted by Gasteiger charge is -2.37. The molecule has 0 radical (unpaired) electrons. The summed E-state index contributed by atoms with van der Waals surface area (Å²) in [7, 11) is 3.15. The first kappa shape index (κ1) is 20.1. The average molecular weight is 423 g/mol. The first-order valence-electron chi connectivity index (χ1n) is 9.73. The zero-order valence-electron chi connectivity index (χ0n) is 16.9. The van der Waals surface area contributed by atoms with Gasteiger partial charge in [0.1, 0.15) is 0 Å². The first-order valence-corrected chi connectivity index (χ1v) is 10.1. The number of methoxy groups -OCH3 is 2. The minimum absolute atomic E-state index is 0.170. The van der Waals surface area contributed by atoms with Gasteiger partial charge in [-0.1, -0.05) is 48.0 Å². The van der Waals surface area contributed by atoms with Gasteiger partial charge in [-0.3, -0.25) is 0 Å². The molecule has 30 heavy (non-hydrogen) atoms. The maximum atomic E-state index is 13.3. The predicted molar refractivity (Wildman–Crippen MR) is 119 cm³/mol. The third kappa shape index (κ3) is 3.94. The van der Waals surface area contributed by atoms with Gasteiger partial charge in [-0.15, -0.1) is 0 Å². The largest absolute Gasteiger partial charge is 0.493 e. The topological polar surface area (TPSA) is 50.8 Å². The fourth-order valence-corrected chi connectivity index (χ4v) is 4.03. The van der Waals surface area contributed by atoms with E-state index in [9.17, 15) is 4.79 Å². The second-order valence-electron chi connectivity index (χ2n) is 7.10. The van der Waals surface area contributed by atoms with Crippen LogP contribution in [0.15, 0.2) is 66.7 Å². The lowest BCUT2D eigenvalue weighted by atomic mass is 9.88. The van der Waals surface area contributed by atoms with E-state index in [4.69, 9.17) is 21.1 Å². The summed E-state index contributed by atoms with van der Waals surface area (Å²) in [6.07, 6.45) is 0.805. The number of fused-ring (bicyclic) bond motifs is 1. The Balaban J connectivity index is 1.66. The van der Waals surface area contributed by atoms with E-state index in [1.807, 2.05) is 41.3 Å². The number of nitrogens with zero attached hydrogens (tertiary/aromatic N) is 1. The van der Waals surface area contributed by atoms with Gasteiger partial charge in [0.15, 0.2) is 11.5 Å². The molecule has 0 spiro atoms. The van der Waals surface area contributed by atoms with Crippen LogP contribution in [0.4, 0.5) is 10.5 Å². The van der Waals surface area contributed by atoms with Crippen LogP contribution < -0.4 is 14.8 Å². The Morgan fingerprint density at radius 3 is 2.47 bits per heavy atom. The first-order chi connectivity index (χ1) is 14.6. The lowest BCUT2D eigenvalue weighted by molar-refractivity contribution is 0.194. The molecule has 154 valence electrons. The summed E-state index contributed by atoms with van der Waals surface area (Å²) >= 11 is 6.10. The molecule has 1 aliphatic rings. The van der Waals surface area contributed by atoms with Gasteiger partial charge in [0, 0.05) is 23.3 Å². The van der Waals surface area contributed by atoms with Crippen LogP contribution >= 0.6 is 11.6 Å². The molecule has 5 nitrogen and oxygen atoms in total. The van der Waals surface area contributed by atoms with Gasteiger partial charge in [-0.2, -0.15) is 0 Å². The van der Waals surface area contributed by atoms with Crippen LogP contribution in [0.5, 0.6) is 11.5 Å². The molecule has 1 N–H and O–H groups in total. The standard InChI is InChI=1S/C24H23ClN2O3/c1-29-21-12-11-19(15-22(21)30-2)26-24(28)27-14-13-16-5-3-4-6-20(16)23(27)17-7-9-18(25)10-8-17/h3-12,15,23H,13-14H2,1-2H3,(H,26,28)/t23-/m1/s1. The van der Waals surface area contributed by atoms with E-state index >= 15 is 0 Å². The summed E-state index contributed by atoms with van der Waals surface area (Å²) in [5.74, 6) is 1.18. The Hall–Kier alpha value is -3.18. The van der Waals surface area contributed by atoms with Gasteiger partial charge in [0.25, 0.3) is 0 Å². The number of anilines is 1. The Morgan fingerprint density at radius 2 is 1.73 bits per heavy atom. The number of nitrogens with one attached hydrogen (secondary N) is 1. The van der Waals surface area contributed by atoms with Crippen molar-refractivity contribution in [3.05, 3.63) is 88.4 Å². The Kier molecular flexibility index (Phi) is 5.81. The highest BCUT2D eigenvalue weighted by Gasteiger charge is 2.32. The Morgan fingerprint density at radius 1 is 1.00 bits per heavy atom. The summed E-state index contributed by atoms with van der Waals surface area (Å²) in [6.45, 7) is 0.615. The van der Waals surface area contributed by atoms with Crippen molar-refractivity contribution in [2.45, 2.75) is 12.5 Å². The van der Waals surface area contributed by atoms with Crippen molar-refractivity contribution in [3.8, 4) is 11.5 Å². The SMILES string of the molecule is COc1ccc(NC(=O)N2CCc3ccccc3[C@H]2c2ccc(Cl)cc2)cc1OC. The van der Waals surface area contributed by atoms with Gasteiger partial charge >= 0.3 is 6.03 Å². The summed E-state index contributed by atoms with van der Waals surface area (Å²) < 4.78 is 10.6. The van der Waals surface area contributed by atoms with Crippen LogP contribution in [0, 0.1) is 0 Å². The molecule has 0 saturated heterocycles. The van der Waals surface area contributed by atoms with Crippen LogP contribution in [0.3, 0.4) is 0 Å². The highest BCUT2D eigenvalue weighted by Crippen LogP contribution is 2.36. The molecular formula is C24H23ClN2O3. The Labute approximate surface area is 181 Å². The van der Waals surface area contributed by atoms with Crippen molar-refractivity contribution >= 4 is 23.3 Å². The maximum absolute atomic E-state index is 13.3. The number of urea groups is 1. The molecule has 6 heteroatoms. The number of benzene rings is 3. The molecule has 1 atom stereocenters. The quantitative estimate of drug-likeness (QED) is 0.600. The van der Waals surface area contributed by atoms with E-state index in [0.29, 0.717) is 28.8 Å². The number of hydrogen-bond donors (Lipinski definition) is 1. The molecule has 1 aliphatic heterocycles. The fraction of sp³-hybridized carbons (Fsp3) is 0.208. The molecule has 2 amide bonds. The van der Waals surface area contributed by atoms with E-state index in [-0.39, 0.29) is 12.1 Å². The highest BCUT2D eigenvalue weighted by atomic mass is 35.5. The predicted octanol–water partition coefficient (Wildman–Crippen LogP) is 5.54. The van der Waals surface area contributed by atoms with Crippen LogP contribution in [-0.4, -0.2) is 31.7 Å². The lowest BCUT2D eigenvalue weighted by Crippen LogP contribution is -2.43. The van der Waals surface area contributed by atoms with E-state index in [2.05, 4.69) is 17.4 Å². The van der Waals surface area contributed by atoms with Crippen molar-refractivity contribution in [2.24, 2.45) is 0 Å². The second-order valence-corrected chi connectivity index (χ2v) is 7.53. The summed E-state index contributed by atoms with van der Waals surface area (Å²) in [5.41, 5.74) is 4.06. The van der Waals surface area contributed by atoms with Crippen molar-refractivity contribution in [2.75, 3.05) is 26.1 Å². The number of ether oxygens (including phenoxy) is 2. The maximum Gasteiger partial charge on any atom is 0.322 e. The molecule has 0 bridgehead atoms. The zero-order chi connectivity index (χ0) is 21.1. The van der Waals surface area contributed by atoms with Gasteiger partial charge in [-0.25, -0.2) is 4.79 Å². The van der Waals surface area contributed by atoms with E-state index in [0.717, 1.165) is 17.5 Å². The van der Waals surface area contributed by atoms with Crippen LogP contribution in [0.25, 0.3) is 0 Å². The molecule has 0 saturated carbocycles. The van der Waals surface area contributed by atoms with Gasteiger partial charge in [0.05, 0.1) is 20.3 Å². The van der Waals surface area contributed by atoms with Crippen LogP contribution in [0.2, 0.25) is 5.02 Å². The van der Waals surface area contributed by atoms with E-state index < -0.39 is 0 Å². The molecule has 3 aromatic rings. The minimum atomic E-state index is -0.188. The molecule has 1 heterocycles. The normalized spacial score (nSPS) is 15.3. The smallest absolute Gasteiger partial charge is 0.322 e. The molecule has 0 aromatic heterocycles. The van der Waals surface area contributed by atoms with Crippen molar-refractivity contribution in [1.82, 2.24) is 4.90 Å². The summed E-state index contributed by atoms with van der Waals surface area (Å²) in [5, 5.41) is 3.68. The van der Waals surface area contributed by atoms with E-state index in [1.54, 1.807) is 32.4 Å². The summed E-state index contributed by atoms with van der Waals surface area (Å²) in [6, 6.07) is 20.9. The molecule has 0 aliphatic carbocycles. The van der Waals surface area contributed by atoms with Crippen molar-refractivity contribution in [1.29, 1.82) is 0 Å². The van der Waals surface area contributed by atoms with Gasteiger partial charge in [0.2, 0.25) is 0 Å². The highest BCUT2D eigenvalue weighted by molar-refractivity contribution is 6.30. The number of carbonyl (C=O) groups excluding carboxylic acids is 1. The number of amides is 2. The minimum Gasteiger partial charge on any atom is -0.493 e. The average Bonchev–Trinajstić information content (AvgIpc) is 2.78. The third-order valence-electron chi connectivity index (χ3n) is 5.36. The van der Waals surface area contributed by atoms with Crippen LogP contribution in [-0.2, 0) is 6.42 Å². The van der Waals surface area contributed by atoms with Crippen LogP contribution in [0.1, 0.15) is 22.7 Å². The number of rotatable bonds is 4. The second kappa shape index (κ2) is 8.67. The van der Waals surface area contributed by atoms with Gasteiger partial charge in [-0.05, 0) is 47.4 Å². The molecule has 0 unspecified atom stereocenters. The molecule has 0 fully saturated rings. The molecule has 4 rings (SSSR count). The summed E-state index contributed by atoms with van der Waals surface area (Å²) in [4.78, 5) is 15.2. The van der Waals surface area contributed by atoms with E-state index in [1.165, 1.54) is 5.56 Å². The van der Waals surface area contributed by atoms with Crippen molar-refractivity contribution < 1.29 is 14.3 Å². The van der Waals surface area contributed by atoms with Crippen molar-refractivity contribution in [3.63, 3.8) is 0 Å². The number of carbonyl (C=O) groups is 1. The zero-order valence-corrected chi connectivity index (χ0v) is 17.6.